The van der Waals surface area contributed by atoms with E-state index in [1.807, 2.05) is 18.3 Å². The van der Waals surface area contributed by atoms with Crippen LogP contribution in [0.1, 0.15) is 39.2 Å². The Balaban J connectivity index is 0.00000288. The Labute approximate surface area is 170 Å². The van der Waals surface area contributed by atoms with Crippen LogP contribution in [0.2, 0.25) is 0 Å². The van der Waals surface area contributed by atoms with Crippen LogP contribution >= 0.6 is 46.7 Å². The lowest BCUT2D eigenvalue weighted by Gasteiger charge is -2.17. The Hall–Kier alpha value is -0.670. The number of aliphatic imine (C=N–C) groups is 1. The number of guanidine groups is 1. The average molecular weight is 478 g/mol. The zero-order chi connectivity index (χ0) is 16.8. The van der Waals surface area contributed by atoms with Gasteiger partial charge in [-0.25, -0.2) is 9.98 Å². The first-order chi connectivity index (χ1) is 11.0. The molecule has 2 aromatic rings. The third-order valence-electron chi connectivity index (χ3n) is 3.48. The Morgan fingerprint density at radius 2 is 2.00 bits per heavy atom. The zero-order valence-electron chi connectivity index (χ0n) is 15.0. The van der Waals surface area contributed by atoms with Crippen molar-refractivity contribution in [3.63, 3.8) is 0 Å². The standard InChI is InChI=1S/C17H26N4S2.HI/c1-6-18-17(19-10-16-21-13(4)14(5)23-16)20-11(2)9-15-8-7-12(3)22-15;/h7-8,11H,6,9-10H2,1-5H3,(H2,18,19,20);1H. The molecular formula is C17H27IN4S2. The third kappa shape index (κ3) is 6.68. The van der Waals surface area contributed by atoms with Gasteiger partial charge in [-0.15, -0.1) is 46.7 Å². The molecule has 4 nitrogen and oxygen atoms in total. The number of aryl methyl sites for hydroxylation is 3. The lowest BCUT2D eigenvalue weighted by Crippen LogP contribution is -2.43. The SMILES string of the molecule is CCNC(=NCc1nc(C)c(C)s1)NC(C)Cc1ccc(C)s1.I. The molecule has 2 N–H and O–H groups in total. The summed E-state index contributed by atoms with van der Waals surface area (Å²) in [7, 11) is 0. The number of hydrogen-bond donors (Lipinski definition) is 2. The molecule has 7 heteroatoms. The average Bonchev–Trinajstić information content (AvgIpc) is 3.03. The van der Waals surface area contributed by atoms with Gasteiger partial charge in [-0.3, -0.25) is 0 Å². The molecule has 0 aromatic carbocycles. The smallest absolute Gasteiger partial charge is 0.191 e. The summed E-state index contributed by atoms with van der Waals surface area (Å²) in [6.07, 6.45) is 1.01. The van der Waals surface area contributed by atoms with Crippen molar-refractivity contribution in [2.24, 2.45) is 4.99 Å². The number of nitrogens with zero attached hydrogens (tertiary/aromatic N) is 2. The van der Waals surface area contributed by atoms with Gasteiger partial charge >= 0.3 is 0 Å². The van der Waals surface area contributed by atoms with Crippen molar-refractivity contribution in [1.29, 1.82) is 0 Å². The predicted molar refractivity (Wildman–Crippen MR) is 117 cm³/mol. The van der Waals surface area contributed by atoms with E-state index < -0.39 is 0 Å². The van der Waals surface area contributed by atoms with Crippen LogP contribution < -0.4 is 10.6 Å². The Morgan fingerprint density at radius 3 is 2.54 bits per heavy atom. The van der Waals surface area contributed by atoms with Crippen LogP contribution in [0.4, 0.5) is 0 Å². The van der Waals surface area contributed by atoms with Crippen molar-refractivity contribution in [3.05, 3.63) is 37.5 Å². The van der Waals surface area contributed by atoms with Gasteiger partial charge in [0.05, 0.1) is 12.2 Å². The van der Waals surface area contributed by atoms with Crippen LogP contribution in [0.3, 0.4) is 0 Å². The van der Waals surface area contributed by atoms with Gasteiger partial charge in [-0.1, -0.05) is 0 Å². The van der Waals surface area contributed by atoms with Crippen LogP contribution in [0.5, 0.6) is 0 Å². The highest BCUT2D eigenvalue weighted by Crippen LogP contribution is 2.18. The van der Waals surface area contributed by atoms with Crippen LogP contribution in [0, 0.1) is 20.8 Å². The van der Waals surface area contributed by atoms with Crippen molar-refractivity contribution < 1.29 is 0 Å². The minimum atomic E-state index is 0. The summed E-state index contributed by atoms with van der Waals surface area (Å²) in [6.45, 7) is 12.1. The second-order valence-corrected chi connectivity index (χ2v) is 8.37. The van der Waals surface area contributed by atoms with Gasteiger partial charge in [0, 0.05) is 33.6 Å². The fraction of sp³-hybridized carbons (Fsp3) is 0.529. The Kier molecular flexibility index (Phi) is 9.22. The summed E-state index contributed by atoms with van der Waals surface area (Å²) >= 11 is 3.59. The van der Waals surface area contributed by atoms with E-state index in [4.69, 9.17) is 0 Å². The first kappa shape index (κ1) is 21.4. The Morgan fingerprint density at radius 1 is 1.25 bits per heavy atom. The molecule has 0 amide bonds. The van der Waals surface area contributed by atoms with Crippen molar-refractivity contribution >= 4 is 52.6 Å². The van der Waals surface area contributed by atoms with Crippen molar-refractivity contribution in [1.82, 2.24) is 15.6 Å². The molecule has 0 spiro atoms. The molecule has 24 heavy (non-hydrogen) atoms. The maximum Gasteiger partial charge on any atom is 0.191 e. The largest absolute Gasteiger partial charge is 0.357 e. The molecule has 0 aliphatic rings. The summed E-state index contributed by atoms with van der Waals surface area (Å²) in [5, 5.41) is 7.87. The summed E-state index contributed by atoms with van der Waals surface area (Å²) in [6, 6.07) is 4.73. The topological polar surface area (TPSA) is 49.3 Å². The molecule has 0 radical (unpaired) electrons. The second-order valence-electron chi connectivity index (χ2n) is 5.71. The van der Waals surface area contributed by atoms with Crippen molar-refractivity contribution in [2.75, 3.05) is 6.54 Å². The molecule has 0 aliphatic carbocycles. The van der Waals surface area contributed by atoms with E-state index >= 15 is 0 Å². The highest BCUT2D eigenvalue weighted by Gasteiger charge is 2.09. The highest BCUT2D eigenvalue weighted by molar-refractivity contribution is 14.0. The van der Waals surface area contributed by atoms with Gasteiger partial charge in [-0.05, 0) is 46.8 Å². The number of nitrogens with one attached hydrogen (secondary N) is 2. The molecule has 0 aliphatic heterocycles. The Bertz CT molecular complexity index is 644. The minimum absolute atomic E-state index is 0. The fourth-order valence-corrected chi connectivity index (χ4v) is 4.13. The number of rotatable bonds is 6. The second kappa shape index (κ2) is 10.4. The summed E-state index contributed by atoms with van der Waals surface area (Å²) < 4.78 is 0. The molecule has 2 aromatic heterocycles. The molecule has 1 atom stereocenters. The monoisotopic (exact) mass is 478 g/mol. The fourth-order valence-electron chi connectivity index (χ4n) is 2.25. The molecule has 2 rings (SSSR count). The van der Waals surface area contributed by atoms with Gasteiger partial charge in [-0.2, -0.15) is 0 Å². The van der Waals surface area contributed by atoms with E-state index in [9.17, 15) is 0 Å². The van der Waals surface area contributed by atoms with Gasteiger partial charge in [0.2, 0.25) is 0 Å². The van der Waals surface area contributed by atoms with E-state index in [2.05, 4.69) is 60.4 Å². The van der Waals surface area contributed by atoms with E-state index in [1.54, 1.807) is 11.3 Å². The molecule has 0 saturated carbocycles. The summed E-state index contributed by atoms with van der Waals surface area (Å²) in [5.74, 6) is 0.860. The number of thiophene rings is 1. The first-order valence-corrected chi connectivity index (χ1v) is 9.64. The molecular weight excluding hydrogens is 451 g/mol. The first-order valence-electron chi connectivity index (χ1n) is 8.01. The highest BCUT2D eigenvalue weighted by atomic mass is 127. The lowest BCUT2D eigenvalue weighted by atomic mass is 10.2. The van der Waals surface area contributed by atoms with E-state index in [0.717, 1.165) is 29.6 Å². The molecule has 2 heterocycles. The number of halogens is 1. The van der Waals surface area contributed by atoms with Crippen molar-refractivity contribution in [3.8, 4) is 0 Å². The van der Waals surface area contributed by atoms with Crippen molar-refractivity contribution in [2.45, 2.75) is 53.6 Å². The molecule has 0 fully saturated rings. The minimum Gasteiger partial charge on any atom is -0.357 e. The summed E-state index contributed by atoms with van der Waals surface area (Å²) in [5.41, 5.74) is 1.11. The van der Waals surface area contributed by atoms with E-state index in [-0.39, 0.29) is 24.0 Å². The van der Waals surface area contributed by atoms with Gasteiger partial charge < -0.3 is 10.6 Å². The van der Waals surface area contributed by atoms with Gasteiger partial charge in [0.15, 0.2) is 5.96 Å². The predicted octanol–water partition coefficient (Wildman–Crippen LogP) is 4.43. The normalized spacial score (nSPS) is 12.6. The summed E-state index contributed by atoms with van der Waals surface area (Å²) in [4.78, 5) is 13.3. The van der Waals surface area contributed by atoms with Gasteiger partial charge in [0.25, 0.3) is 0 Å². The van der Waals surface area contributed by atoms with Crippen LogP contribution in [0.15, 0.2) is 17.1 Å². The lowest BCUT2D eigenvalue weighted by molar-refractivity contribution is 0.645. The molecule has 134 valence electrons. The molecule has 0 bridgehead atoms. The van der Waals surface area contributed by atoms with Crippen LogP contribution in [-0.4, -0.2) is 23.5 Å². The maximum atomic E-state index is 4.67. The zero-order valence-corrected chi connectivity index (χ0v) is 18.9. The maximum absolute atomic E-state index is 4.67. The van der Waals surface area contributed by atoms with Crippen LogP contribution in [0.25, 0.3) is 0 Å². The number of aromatic nitrogens is 1. The number of thiazole rings is 1. The number of hydrogen-bond acceptors (Lipinski definition) is 4. The molecule has 0 saturated heterocycles. The van der Waals surface area contributed by atoms with E-state index in [1.165, 1.54) is 14.6 Å². The van der Waals surface area contributed by atoms with E-state index in [0.29, 0.717) is 12.6 Å². The third-order valence-corrected chi connectivity index (χ3v) is 5.56. The van der Waals surface area contributed by atoms with Gasteiger partial charge in [0.1, 0.15) is 5.01 Å². The quantitative estimate of drug-likeness (QED) is 0.367. The van der Waals surface area contributed by atoms with Crippen LogP contribution in [-0.2, 0) is 13.0 Å². The molecule has 1 unspecified atom stereocenters.